The standard InChI is InChI=1S/C33H40O10/c1-5-40-32(36)9-7-19-42-28-17-13-24(21-30(28)38-3)11-15-26(34)23-27(35)16-12-25-14-18-29(31(22-25)39-4)43-20-8-10-33(37)41-6-2/h11-18,21-23,34H,5-10,19-20H2,1-4H3/b15-11+,16-12+,26-23-. The highest BCUT2D eigenvalue weighted by molar-refractivity contribution is 6.02. The highest BCUT2D eigenvalue weighted by atomic mass is 16.5. The number of hydrogen-bond acceptors (Lipinski definition) is 10. The highest BCUT2D eigenvalue weighted by Crippen LogP contribution is 2.30. The Balaban J connectivity index is 1.91. The molecule has 10 heteroatoms. The largest absolute Gasteiger partial charge is 0.508 e. The minimum absolute atomic E-state index is 0.225. The molecule has 2 aromatic carbocycles. The fourth-order valence-corrected chi connectivity index (χ4v) is 3.68. The average Bonchev–Trinajstić information content (AvgIpc) is 3.00. The lowest BCUT2D eigenvalue weighted by atomic mass is 10.1. The first-order valence-electron chi connectivity index (χ1n) is 14.0. The number of carbonyl (C=O) groups excluding carboxylic acids is 3. The maximum Gasteiger partial charge on any atom is 0.305 e. The molecule has 43 heavy (non-hydrogen) atoms. The molecule has 0 heterocycles. The number of allylic oxidation sites excluding steroid dienone is 3. The third-order valence-corrected chi connectivity index (χ3v) is 5.73. The monoisotopic (exact) mass is 596 g/mol. The average molecular weight is 597 g/mol. The van der Waals surface area contributed by atoms with Gasteiger partial charge in [-0.3, -0.25) is 14.4 Å². The summed E-state index contributed by atoms with van der Waals surface area (Å²) in [6.45, 7) is 4.87. The Morgan fingerprint density at radius 2 is 1.16 bits per heavy atom. The van der Waals surface area contributed by atoms with E-state index >= 15 is 0 Å². The molecule has 0 aliphatic carbocycles. The Hall–Kier alpha value is -4.73. The first-order valence-corrected chi connectivity index (χ1v) is 14.0. The molecule has 0 aliphatic rings. The van der Waals surface area contributed by atoms with Crippen molar-refractivity contribution in [2.45, 2.75) is 39.5 Å². The molecule has 2 aromatic rings. The highest BCUT2D eigenvalue weighted by Gasteiger charge is 2.08. The number of rotatable bonds is 19. The van der Waals surface area contributed by atoms with Crippen LogP contribution in [0, 0.1) is 0 Å². The van der Waals surface area contributed by atoms with Gasteiger partial charge in [0, 0.05) is 18.9 Å². The van der Waals surface area contributed by atoms with Gasteiger partial charge in [0.15, 0.2) is 28.8 Å². The van der Waals surface area contributed by atoms with E-state index in [-0.39, 0.29) is 30.5 Å². The van der Waals surface area contributed by atoms with E-state index in [1.54, 1.807) is 62.4 Å². The molecule has 0 fully saturated rings. The molecule has 0 spiro atoms. The van der Waals surface area contributed by atoms with Crippen LogP contribution in [0.5, 0.6) is 23.0 Å². The molecule has 0 bridgehead atoms. The first kappa shape index (κ1) is 34.5. The summed E-state index contributed by atoms with van der Waals surface area (Å²) < 4.78 is 32.0. The van der Waals surface area contributed by atoms with Crippen molar-refractivity contribution in [3.05, 3.63) is 71.5 Å². The van der Waals surface area contributed by atoms with Gasteiger partial charge < -0.3 is 33.5 Å². The summed E-state index contributed by atoms with van der Waals surface area (Å²) in [6.07, 6.45) is 8.62. The minimum atomic E-state index is -0.412. The summed E-state index contributed by atoms with van der Waals surface area (Å²) in [4.78, 5) is 35.2. The molecule has 232 valence electrons. The number of aliphatic hydroxyl groups is 1. The van der Waals surface area contributed by atoms with Crippen LogP contribution < -0.4 is 18.9 Å². The minimum Gasteiger partial charge on any atom is -0.508 e. The SMILES string of the molecule is CCOC(=O)CCCOc1ccc(/C=C/C(=O)/C=C(O)/C=C/c2ccc(OCCCC(=O)OCC)c(OC)c2)cc1OC. The Labute approximate surface area is 252 Å². The molecule has 0 aliphatic heterocycles. The molecule has 0 saturated carbocycles. The Bertz CT molecular complexity index is 1290. The normalized spacial score (nSPS) is 11.4. The van der Waals surface area contributed by atoms with Crippen LogP contribution in [0.1, 0.15) is 50.7 Å². The summed E-state index contributed by atoms with van der Waals surface area (Å²) in [7, 11) is 3.03. The van der Waals surface area contributed by atoms with Crippen molar-refractivity contribution in [1.29, 1.82) is 0 Å². The van der Waals surface area contributed by atoms with Crippen molar-refractivity contribution in [3.8, 4) is 23.0 Å². The Morgan fingerprint density at radius 1 is 0.698 bits per heavy atom. The molecule has 1 N–H and O–H groups in total. The topological polar surface area (TPSA) is 127 Å². The molecule has 0 aromatic heterocycles. The molecule has 0 unspecified atom stereocenters. The van der Waals surface area contributed by atoms with E-state index in [4.69, 9.17) is 28.4 Å². The quantitative estimate of drug-likeness (QED) is 0.0690. The van der Waals surface area contributed by atoms with Crippen LogP contribution in [0.4, 0.5) is 0 Å². The van der Waals surface area contributed by atoms with Gasteiger partial charge in [-0.1, -0.05) is 24.3 Å². The predicted molar refractivity (Wildman–Crippen MR) is 162 cm³/mol. The summed E-state index contributed by atoms with van der Waals surface area (Å²) in [5.41, 5.74) is 1.41. The van der Waals surface area contributed by atoms with Gasteiger partial charge in [0.25, 0.3) is 0 Å². The zero-order valence-electron chi connectivity index (χ0n) is 25.1. The van der Waals surface area contributed by atoms with Gasteiger partial charge >= 0.3 is 11.9 Å². The van der Waals surface area contributed by atoms with Gasteiger partial charge in [-0.25, -0.2) is 0 Å². The van der Waals surface area contributed by atoms with Gasteiger partial charge in [0.2, 0.25) is 0 Å². The lowest BCUT2D eigenvalue weighted by Crippen LogP contribution is -2.07. The van der Waals surface area contributed by atoms with Crippen LogP contribution in [0.2, 0.25) is 0 Å². The molecule has 2 rings (SSSR count). The number of ketones is 1. The number of carbonyl (C=O) groups is 3. The van der Waals surface area contributed by atoms with Crippen LogP contribution in [0.3, 0.4) is 0 Å². The smallest absolute Gasteiger partial charge is 0.305 e. The third-order valence-electron chi connectivity index (χ3n) is 5.73. The third kappa shape index (κ3) is 13.2. The van der Waals surface area contributed by atoms with E-state index in [2.05, 4.69) is 0 Å². The number of methoxy groups -OCH3 is 2. The fraction of sp³-hybridized carbons (Fsp3) is 0.364. The van der Waals surface area contributed by atoms with Gasteiger partial charge in [0.1, 0.15) is 5.76 Å². The molecule has 0 atom stereocenters. The second kappa shape index (κ2) is 19.4. The van der Waals surface area contributed by atoms with E-state index in [1.165, 1.54) is 26.4 Å². The second-order valence-electron chi connectivity index (χ2n) is 8.97. The van der Waals surface area contributed by atoms with E-state index in [0.717, 1.165) is 6.08 Å². The van der Waals surface area contributed by atoms with Crippen LogP contribution in [-0.2, 0) is 23.9 Å². The van der Waals surface area contributed by atoms with Gasteiger partial charge in [-0.2, -0.15) is 0 Å². The predicted octanol–water partition coefficient (Wildman–Crippen LogP) is 5.89. The van der Waals surface area contributed by atoms with E-state index in [0.29, 0.717) is 73.4 Å². The molecule has 0 radical (unpaired) electrons. The Kier molecular flexibility index (Phi) is 15.6. The zero-order chi connectivity index (χ0) is 31.5. The molecular formula is C33H40O10. The summed E-state index contributed by atoms with van der Waals surface area (Å²) in [6, 6.07) is 10.4. The van der Waals surface area contributed by atoms with Crippen LogP contribution in [0.25, 0.3) is 12.2 Å². The maximum absolute atomic E-state index is 12.4. The molecule has 0 saturated heterocycles. The van der Waals surface area contributed by atoms with Crippen molar-refractivity contribution < 1.29 is 47.9 Å². The van der Waals surface area contributed by atoms with Crippen molar-refractivity contribution in [1.82, 2.24) is 0 Å². The van der Waals surface area contributed by atoms with Crippen LogP contribution in [0.15, 0.2) is 60.4 Å². The lowest BCUT2D eigenvalue weighted by Gasteiger charge is -2.11. The van der Waals surface area contributed by atoms with Gasteiger partial charge in [-0.15, -0.1) is 0 Å². The van der Waals surface area contributed by atoms with Gasteiger partial charge in [0.05, 0.1) is 40.6 Å². The number of esters is 2. The molecule has 10 nitrogen and oxygen atoms in total. The molecular weight excluding hydrogens is 556 g/mol. The van der Waals surface area contributed by atoms with Crippen molar-refractivity contribution in [2.75, 3.05) is 40.6 Å². The number of hydrogen-bond donors (Lipinski definition) is 1. The Morgan fingerprint density at radius 3 is 1.60 bits per heavy atom. The van der Waals surface area contributed by atoms with E-state index in [9.17, 15) is 19.5 Å². The maximum atomic E-state index is 12.4. The number of aliphatic hydroxyl groups excluding tert-OH is 1. The lowest BCUT2D eigenvalue weighted by molar-refractivity contribution is -0.144. The van der Waals surface area contributed by atoms with Crippen molar-refractivity contribution >= 4 is 29.9 Å². The van der Waals surface area contributed by atoms with Gasteiger partial charge in [-0.05, 0) is 74.2 Å². The summed E-state index contributed by atoms with van der Waals surface area (Å²) >= 11 is 0. The van der Waals surface area contributed by atoms with E-state index < -0.39 is 5.78 Å². The van der Waals surface area contributed by atoms with Crippen LogP contribution >= 0.6 is 0 Å². The molecule has 0 amide bonds. The summed E-state index contributed by atoms with van der Waals surface area (Å²) in [5, 5.41) is 10.2. The fourth-order valence-electron chi connectivity index (χ4n) is 3.68. The zero-order valence-corrected chi connectivity index (χ0v) is 25.1. The van der Waals surface area contributed by atoms with Crippen molar-refractivity contribution in [2.24, 2.45) is 0 Å². The van der Waals surface area contributed by atoms with E-state index in [1.807, 2.05) is 0 Å². The summed E-state index contributed by atoms with van der Waals surface area (Å²) in [5.74, 6) is 0.847. The van der Waals surface area contributed by atoms with Crippen molar-refractivity contribution in [3.63, 3.8) is 0 Å². The van der Waals surface area contributed by atoms with Crippen LogP contribution in [-0.4, -0.2) is 63.5 Å². The number of ether oxygens (including phenoxy) is 6. The second-order valence-corrected chi connectivity index (χ2v) is 8.97. The number of benzene rings is 2. The first-order chi connectivity index (χ1) is 20.8.